The number of hydrogen-bond donors (Lipinski definition) is 1. The van der Waals surface area contributed by atoms with Gasteiger partial charge in [-0.3, -0.25) is 4.57 Å². The molecule has 0 spiro atoms. The first-order chi connectivity index (χ1) is 9.82. The highest BCUT2D eigenvalue weighted by atomic mass is 31.2. The first kappa shape index (κ1) is 16.3. The molecule has 0 unspecified atom stereocenters. The van der Waals surface area contributed by atoms with Gasteiger partial charge in [0, 0.05) is 0 Å². The Morgan fingerprint density at radius 3 is 2.24 bits per heavy atom. The Balaban J connectivity index is 2.29. The molecule has 0 aliphatic carbocycles. The highest BCUT2D eigenvalue weighted by Crippen LogP contribution is 2.61. The van der Waals surface area contributed by atoms with Crippen LogP contribution in [0, 0.1) is 0 Å². The molecule has 7 heteroatoms. The first-order valence-corrected chi connectivity index (χ1v) is 8.47. The van der Waals surface area contributed by atoms with Gasteiger partial charge in [0.05, 0.1) is 12.2 Å². The van der Waals surface area contributed by atoms with Gasteiger partial charge in [-0.2, -0.15) is 0 Å². The Bertz CT molecular complexity index is 528. The number of aliphatic hydroxyl groups excluding tert-OH is 1. The molecular formula is C14H21O6P. The summed E-state index contributed by atoms with van der Waals surface area (Å²) in [5.41, 5.74) is 0.406. The molecule has 6 nitrogen and oxygen atoms in total. The molecule has 1 heterocycles. The number of fused-ring (bicyclic) bond motifs is 1. The minimum atomic E-state index is -3.71. The zero-order chi connectivity index (χ0) is 15.6. The molecule has 1 aromatic rings. The lowest BCUT2D eigenvalue weighted by Crippen LogP contribution is -2.13. The summed E-state index contributed by atoms with van der Waals surface area (Å²) in [6.07, 6.45) is -0.670. The Labute approximate surface area is 124 Å². The average molecular weight is 316 g/mol. The lowest BCUT2D eigenvalue weighted by atomic mass is 10.2. The quantitative estimate of drug-likeness (QED) is 0.810. The van der Waals surface area contributed by atoms with Crippen LogP contribution in [0.5, 0.6) is 11.5 Å². The molecule has 0 radical (unpaired) electrons. The van der Waals surface area contributed by atoms with E-state index in [4.69, 9.17) is 18.5 Å². The second-order valence-electron chi connectivity index (χ2n) is 5.33. The van der Waals surface area contributed by atoms with Crippen molar-refractivity contribution >= 4 is 7.60 Å². The fourth-order valence-electron chi connectivity index (χ4n) is 1.98. The van der Waals surface area contributed by atoms with Gasteiger partial charge in [-0.05, 0) is 45.4 Å². The van der Waals surface area contributed by atoms with Crippen molar-refractivity contribution in [1.29, 1.82) is 0 Å². The molecule has 1 aliphatic rings. The van der Waals surface area contributed by atoms with Crippen LogP contribution in [0.1, 0.15) is 39.1 Å². The van der Waals surface area contributed by atoms with Crippen LogP contribution in [-0.4, -0.2) is 24.1 Å². The minimum absolute atomic E-state index is 0.136. The van der Waals surface area contributed by atoms with E-state index in [-0.39, 0.29) is 19.0 Å². The minimum Gasteiger partial charge on any atom is -0.454 e. The van der Waals surface area contributed by atoms with Gasteiger partial charge in [-0.1, -0.05) is 6.07 Å². The highest BCUT2D eigenvalue weighted by Gasteiger charge is 2.38. The van der Waals surface area contributed by atoms with E-state index in [9.17, 15) is 9.67 Å². The number of rotatable bonds is 6. The van der Waals surface area contributed by atoms with E-state index in [1.54, 1.807) is 45.9 Å². The third-order valence-electron chi connectivity index (χ3n) is 2.71. The van der Waals surface area contributed by atoms with Crippen LogP contribution in [0.25, 0.3) is 0 Å². The molecule has 2 rings (SSSR count). The molecule has 0 saturated carbocycles. The van der Waals surface area contributed by atoms with E-state index in [1.165, 1.54) is 0 Å². The fourth-order valence-corrected chi connectivity index (χ4v) is 3.97. The van der Waals surface area contributed by atoms with Crippen LogP contribution in [0.3, 0.4) is 0 Å². The van der Waals surface area contributed by atoms with Gasteiger partial charge in [0.15, 0.2) is 17.3 Å². The van der Waals surface area contributed by atoms with Crippen LogP contribution in [-0.2, 0) is 13.6 Å². The van der Waals surface area contributed by atoms with Gasteiger partial charge in [0.25, 0.3) is 0 Å². The second-order valence-corrected chi connectivity index (χ2v) is 7.32. The third-order valence-corrected chi connectivity index (χ3v) is 5.04. The van der Waals surface area contributed by atoms with E-state index >= 15 is 0 Å². The summed E-state index contributed by atoms with van der Waals surface area (Å²) in [5.74, 6) is -0.278. The monoisotopic (exact) mass is 316 g/mol. The average Bonchev–Trinajstić information content (AvgIpc) is 2.82. The van der Waals surface area contributed by atoms with Crippen molar-refractivity contribution in [2.45, 2.75) is 45.7 Å². The Morgan fingerprint density at radius 2 is 1.67 bits per heavy atom. The maximum atomic E-state index is 12.9. The van der Waals surface area contributed by atoms with Crippen LogP contribution in [0.2, 0.25) is 0 Å². The van der Waals surface area contributed by atoms with E-state index in [1.807, 2.05) is 0 Å². The molecule has 118 valence electrons. The molecule has 1 N–H and O–H groups in total. The molecule has 0 amide bonds. The van der Waals surface area contributed by atoms with Crippen LogP contribution < -0.4 is 9.47 Å². The maximum Gasteiger partial charge on any atom is 0.363 e. The van der Waals surface area contributed by atoms with Gasteiger partial charge < -0.3 is 23.6 Å². The summed E-state index contributed by atoms with van der Waals surface area (Å²) >= 11 is 0. The number of hydrogen-bond acceptors (Lipinski definition) is 6. The summed E-state index contributed by atoms with van der Waals surface area (Å²) < 4.78 is 34.1. The molecular weight excluding hydrogens is 295 g/mol. The van der Waals surface area contributed by atoms with E-state index in [0.29, 0.717) is 17.1 Å². The third kappa shape index (κ3) is 3.77. The summed E-state index contributed by atoms with van der Waals surface area (Å²) in [5, 5.41) is 10.5. The van der Waals surface area contributed by atoms with E-state index in [0.717, 1.165) is 0 Å². The Hall–Kier alpha value is -1.07. The van der Waals surface area contributed by atoms with Crippen molar-refractivity contribution in [1.82, 2.24) is 0 Å². The number of ether oxygens (including phenoxy) is 2. The Kier molecular flexibility index (Phi) is 4.94. The van der Waals surface area contributed by atoms with Gasteiger partial charge in [-0.15, -0.1) is 0 Å². The normalized spacial score (nSPS) is 15.8. The number of aliphatic hydroxyl groups is 1. The van der Waals surface area contributed by atoms with Gasteiger partial charge in [0.1, 0.15) is 0 Å². The largest absolute Gasteiger partial charge is 0.454 e. The molecule has 0 fully saturated rings. The fraction of sp³-hybridized carbons (Fsp3) is 0.571. The van der Waals surface area contributed by atoms with Crippen LogP contribution >= 0.6 is 7.60 Å². The van der Waals surface area contributed by atoms with Gasteiger partial charge in [0.2, 0.25) is 6.79 Å². The smallest absolute Gasteiger partial charge is 0.363 e. The summed E-state index contributed by atoms with van der Waals surface area (Å²) in [7, 11) is -3.71. The summed E-state index contributed by atoms with van der Waals surface area (Å²) in [4.78, 5) is 0. The molecule has 0 saturated heterocycles. The van der Waals surface area contributed by atoms with Crippen molar-refractivity contribution < 1.29 is 28.2 Å². The summed E-state index contributed by atoms with van der Waals surface area (Å²) in [6.45, 7) is 7.09. The maximum absolute atomic E-state index is 12.9. The highest BCUT2D eigenvalue weighted by molar-refractivity contribution is 7.54. The molecule has 1 atom stereocenters. The molecule has 0 aromatic heterocycles. The van der Waals surface area contributed by atoms with Gasteiger partial charge in [-0.25, -0.2) is 0 Å². The first-order valence-electron chi connectivity index (χ1n) is 6.86. The Morgan fingerprint density at radius 1 is 1.10 bits per heavy atom. The molecule has 21 heavy (non-hydrogen) atoms. The molecule has 1 aromatic carbocycles. The van der Waals surface area contributed by atoms with Crippen LogP contribution in [0.4, 0.5) is 0 Å². The topological polar surface area (TPSA) is 74.2 Å². The van der Waals surface area contributed by atoms with Crippen molar-refractivity contribution in [3.8, 4) is 11.5 Å². The zero-order valence-electron chi connectivity index (χ0n) is 12.6. The predicted octanol–water partition coefficient (Wildman–Crippen LogP) is 3.45. The van der Waals surface area contributed by atoms with Gasteiger partial charge >= 0.3 is 7.60 Å². The van der Waals surface area contributed by atoms with Crippen molar-refractivity contribution in [3.63, 3.8) is 0 Å². The van der Waals surface area contributed by atoms with Crippen molar-refractivity contribution in [2.75, 3.05) is 6.79 Å². The van der Waals surface area contributed by atoms with E-state index in [2.05, 4.69) is 0 Å². The zero-order valence-corrected chi connectivity index (χ0v) is 13.5. The second kappa shape index (κ2) is 6.36. The lowest BCUT2D eigenvalue weighted by Gasteiger charge is -2.27. The summed E-state index contributed by atoms with van der Waals surface area (Å²) in [6, 6.07) is 4.88. The van der Waals surface area contributed by atoms with E-state index < -0.39 is 13.4 Å². The van der Waals surface area contributed by atoms with Crippen molar-refractivity contribution in [2.24, 2.45) is 0 Å². The van der Waals surface area contributed by atoms with Crippen molar-refractivity contribution in [3.05, 3.63) is 23.8 Å². The molecule has 1 aliphatic heterocycles. The SMILES string of the molecule is CC(C)OP(=O)(OC(C)C)[C@@H](O)c1ccc2c(c1)OCO2. The van der Waals surface area contributed by atoms with Crippen LogP contribution in [0.15, 0.2) is 18.2 Å². The predicted molar refractivity (Wildman–Crippen MR) is 77.6 cm³/mol. The molecule has 0 bridgehead atoms. The standard InChI is InChI=1S/C14H21O6P/c1-9(2)19-21(16,20-10(3)4)14(15)11-5-6-12-13(7-11)18-8-17-12/h5-7,9-10,14-15H,8H2,1-4H3/t14-/m1/s1. The lowest BCUT2D eigenvalue weighted by molar-refractivity contribution is 0.101. The number of benzene rings is 1.